The molecule has 8 atom stereocenters. The zero-order valence-corrected chi connectivity index (χ0v) is 14.1. The van der Waals surface area contributed by atoms with Gasteiger partial charge in [0.25, 0.3) is 0 Å². The van der Waals surface area contributed by atoms with Crippen molar-refractivity contribution >= 4 is 11.6 Å². The number of fused-ring (bicyclic) bond motifs is 5. The second-order valence-corrected chi connectivity index (χ2v) is 8.64. The number of aliphatic hydroxyl groups excluding tert-OH is 2. The summed E-state index contributed by atoms with van der Waals surface area (Å²) in [6.07, 6.45) is 5.77. The maximum atomic E-state index is 13.0. The van der Waals surface area contributed by atoms with Crippen LogP contribution in [0, 0.1) is 35.5 Å². The van der Waals surface area contributed by atoms with Crippen molar-refractivity contribution in [3.63, 3.8) is 0 Å². The minimum absolute atomic E-state index is 0.0593. The van der Waals surface area contributed by atoms with Crippen molar-refractivity contribution in [3.8, 4) is 0 Å². The Bertz CT molecular complexity index is 546. The lowest BCUT2D eigenvalue weighted by Gasteiger charge is -2.52. The summed E-state index contributed by atoms with van der Waals surface area (Å²) in [5.41, 5.74) is -1.50. The van der Waals surface area contributed by atoms with Gasteiger partial charge in [-0.05, 0) is 68.6 Å². The number of rotatable bonds is 2. The number of hydrogen-bond acceptors (Lipinski definition) is 5. The lowest BCUT2D eigenvalue weighted by molar-refractivity contribution is -0.156. The highest BCUT2D eigenvalue weighted by Crippen LogP contribution is 2.59. The predicted molar refractivity (Wildman–Crippen MR) is 85.9 cm³/mol. The van der Waals surface area contributed by atoms with E-state index in [9.17, 15) is 24.9 Å². The topological polar surface area (TPSA) is 94.8 Å². The van der Waals surface area contributed by atoms with Crippen LogP contribution < -0.4 is 0 Å². The Kier molecular flexibility index (Phi) is 4.09. The first-order valence-corrected chi connectivity index (χ1v) is 9.53. The molecule has 4 aliphatic rings. The van der Waals surface area contributed by atoms with Crippen LogP contribution in [0.3, 0.4) is 0 Å². The van der Waals surface area contributed by atoms with Gasteiger partial charge in [0.2, 0.25) is 0 Å². The Balaban J connectivity index is 1.60. The smallest absolute Gasteiger partial charge is 0.189 e. The van der Waals surface area contributed by atoms with Crippen LogP contribution in [0.25, 0.3) is 0 Å². The molecule has 0 radical (unpaired) electrons. The van der Waals surface area contributed by atoms with Crippen molar-refractivity contribution in [2.24, 2.45) is 35.5 Å². The number of carbonyl (C=O) groups excluding carboxylic acids is 2. The summed E-state index contributed by atoms with van der Waals surface area (Å²) in [6.45, 7) is -0.648. The summed E-state index contributed by atoms with van der Waals surface area (Å²) in [5.74, 6) is 0.766. The average molecular weight is 336 g/mol. The molecule has 4 fully saturated rings. The molecule has 4 rings (SSSR count). The lowest BCUT2D eigenvalue weighted by Crippen LogP contribution is -2.54. The van der Waals surface area contributed by atoms with Crippen LogP contribution in [0.15, 0.2) is 0 Å². The van der Waals surface area contributed by atoms with Gasteiger partial charge in [0, 0.05) is 18.3 Å². The largest absolute Gasteiger partial charge is 0.393 e. The molecule has 24 heavy (non-hydrogen) atoms. The van der Waals surface area contributed by atoms with Crippen LogP contribution in [0.2, 0.25) is 0 Å². The first kappa shape index (κ1) is 16.7. The Labute approximate surface area is 142 Å². The van der Waals surface area contributed by atoms with E-state index in [-0.39, 0.29) is 42.0 Å². The third kappa shape index (κ3) is 2.31. The molecule has 5 nitrogen and oxygen atoms in total. The van der Waals surface area contributed by atoms with Gasteiger partial charge in [-0.3, -0.25) is 9.59 Å². The third-order valence-corrected chi connectivity index (χ3v) is 7.77. The Morgan fingerprint density at radius 2 is 1.83 bits per heavy atom. The zero-order valence-electron chi connectivity index (χ0n) is 14.1. The number of hydrogen-bond donors (Lipinski definition) is 3. The van der Waals surface area contributed by atoms with E-state index >= 15 is 0 Å². The van der Waals surface area contributed by atoms with Crippen LogP contribution in [0.5, 0.6) is 0 Å². The molecular weight excluding hydrogens is 308 g/mol. The number of ketones is 2. The zero-order chi connectivity index (χ0) is 17.1. The van der Waals surface area contributed by atoms with Gasteiger partial charge in [-0.1, -0.05) is 0 Å². The van der Waals surface area contributed by atoms with Crippen LogP contribution in [-0.2, 0) is 9.59 Å². The summed E-state index contributed by atoms with van der Waals surface area (Å²) in [4.78, 5) is 25.0. The maximum absolute atomic E-state index is 13.0. The van der Waals surface area contributed by atoms with E-state index in [1.54, 1.807) is 0 Å². The van der Waals surface area contributed by atoms with E-state index in [1.165, 1.54) is 0 Å². The fourth-order valence-corrected chi connectivity index (χ4v) is 6.72. The maximum Gasteiger partial charge on any atom is 0.189 e. The molecule has 0 amide bonds. The molecule has 5 unspecified atom stereocenters. The standard InChI is InChI=1S/C19H28O5/c20-9-17(23)19(24)6-5-13-14-3-1-10-7-11(21)2-4-12(10)18(14)16(22)8-15(13)19/h10-15,18,20-21,24H,1-9H2/t10-,11-,12?,13?,14?,15?,18?,19-/m1/s1. The average Bonchev–Trinajstić information content (AvgIpc) is 2.91. The van der Waals surface area contributed by atoms with Crippen molar-refractivity contribution in [2.75, 3.05) is 6.61 Å². The first-order valence-electron chi connectivity index (χ1n) is 9.53. The molecular formula is C19H28O5. The van der Waals surface area contributed by atoms with Crippen LogP contribution in [-0.4, -0.2) is 45.2 Å². The van der Waals surface area contributed by atoms with Crippen molar-refractivity contribution in [1.29, 1.82) is 0 Å². The molecule has 0 aromatic rings. The van der Waals surface area contributed by atoms with Gasteiger partial charge >= 0.3 is 0 Å². The second kappa shape index (κ2) is 5.89. The summed E-state index contributed by atoms with van der Waals surface area (Å²) in [7, 11) is 0. The Hall–Kier alpha value is -0.780. The SMILES string of the molecule is O=C1CC2C(CC[C@]2(O)C(=O)CO)C2CC[C@@H]3C[C@H](O)CCC3C12. The third-order valence-electron chi connectivity index (χ3n) is 7.77. The molecule has 0 heterocycles. The number of aliphatic hydroxyl groups is 3. The molecule has 0 aliphatic heterocycles. The fourth-order valence-electron chi connectivity index (χ4n) is 6.72. The molecule has 0 aromatic carbocycles. The molecule has 4 saturated carbocycles. The molecule has 0 bridgehead atoms. The van der Waals surface area contributed by atoms with Crippen LogP contribution >= 0.6 is 0 Å². The van der Waals surface area contributed by atoms with Crippen molar-refractivity contribution < 1.29 is 24.9 Å². The Morgan fingerprint density at radius 3 is 2.58 bits per heavy atom. The fraction of sp³-hybridized carbons (Fsp3) is 0.895. The summed E-state index contributed by atoms with van der Waals surface area (Å²) in [5, 5.41) is 30.0. The molecule has 0 spiro atoms. The Morgan fingerprint density at radius 1 is 1.08 bits per heavy atom. The van der Waals surface area contributed by atoms with E-state index < -0.39 is 18.0 Å². The quantitative estimate of drug-likeness (QED) is 0.701. The van der Waals surface area contributed by atoms with Gasteiger partial charge in [-0.25, -0.2) is 0 Å². The van der Waals surface area contributed by atoms with E-state index in [1.807, 2.05) is 0 Å². The van der Waals surface area contributed by atoms with Crippen LogP contribution in [0.4, 0.5) is 0 Å². The van der Waals surface area contributed by atoms with Crippen molar-refractivity contribution in [2.45, 2.75) is 63.1 Å². The van der Waals surface area contributed by atoms with Crippen LogP contribution in [0.1, 0.15) is 51.4 Å². The minimum atomic E-state index is -1.50. The normalized spacial score (nSPS) is 50.8. The van der Waals surface area contributed by atoms with E-state index in [0.717, 1.165) is 38.5 Å². The lowest BCUT2D eigenvalue weighted by atomic mass is 9.52. The van der Waals surface area contributed by atoms with Gasteiger partial charge in [-0.2, -0.15) is 0 Å². The molecule has 0 aromatic heterocycles. The summed E-state index contributed by atoms with van der Waals surface area (Å²) in [6, 6.07) is 0. The first-order chi connectivity index (χ1) is 11.5. The molecule has 4 aliphatic carbocycles. The number of carbonyl (C=O) groups is 2. The second-order valence-electron chi connectivity index (χ2n) is 8.64. The summed E-state index contributed by atoms with van der Waals surface area (Å²) < 4.78 is 0. The van der Waals surface area contributed by atoms with E-state index in [0.29, 0.717) is 18.3 Å². The van der Waals surface area contributed by atoms with Gasteiger partial charge in [0.15, 0.2) is 5.78 Å². The highest BCUT2D eigenvalue weighted by molar-refractivity contribution is 5.91. The molecule has 3 N–H and O–H groups in total. The number of Topliss-reactive ketones (excluding diaryl/α,β-unsaturated/α-hetero) is 2. The molecule has 5 heteroatoms. The molecule has 0 saturated heterocycles. The van der Waals surface area contributed by atoms with Gasteiger partial charge < -0.3 is 15.3 Å². The molecule has 134 valence electrons. The van der Waals surface area contributed by atoms with Gasteiger partial charge in [0.1, 0.15) is 18.0 Å². The van der Waals surface area contributed by atoms with Gasteiger partial charge in [-0.15, -0.1) is 0 Å². The predicted octanol–water partition coefficient (Wildman–Crippen LogP) is 1.08. The van der Waals surface area contributed by atoms with E-state index in [4.69, 9.17) is 0 Å². The summed E-state index contributed by atoms with van der Waals surface area (Å²) >= 11 is 0. The van der Waals surface area contributed by atoms with Crippen molar-refractivity contribution in [3.05, 3.63) is 0 Å². The highest BCUT2D eigenvalue weighted by Gasteiger charge is 2.60. The van der Waals surface area contributed by atoms with Gasteiger partial charge in [0.05, 0.1) is 6.10 Å². The minimum Gasteiger partial charge on any atom is -0.393 e. The van der Waals surface area contributed by atoms with E-state index in [2.05, 4.69) is 0 Å². The van der Waals surface area contributed by atoms with Crippen molar-refractivity contribution in [1.82, 2.24) is 0 Å². The highest BCUT2D eigenvalue weighted by atomic mass is 16.3. The monoisotopic (exact) mass is 336 g/mol.